The van der Waals surface area contributed by atoms with Gasteiger partial charge in [0.1, 0.15) is 4.88 Å². The molecule has 1 aliphatic heterocycles. The second-order valence-corrected chi connectivity index (χ2v) is 6.49. The number of ether oxygens (including phenoxy) is 1. The van der Waals surface area contributed by atoms with Gasteiger partial charge in [-0.25, -0.2) is 4.79 Å². The van der Waals surface area contributed by atoms with Gasteiger partial charge in [-0.15, -0.1) is 11.3 Å². The summed E-state index contributed by atoms with van der Waals surface area (Å²) < 4.78 is 4.72. The lowest BCUT2D eigenvalue weighted by atomic mass is 10.00. The van der Waals surface area contributed by atoms with Crippen molar-refractivity contribution in [1.82, 2.24) is 0 Å². The number of nitrogen functional groups attached to an aromatic ring is 1. The Bertz CT molecular complexity index is 772. The van der Waals surface area contributed by atoms with Crippen molar-refractivity contribution in [1.29, 1.82) is 0 Å². The van der Waals surface area contributed by atoms with Crippen molar-refractivity contribution >= 4 is 40.3 Å². The van der Waals surface area contributed by atoms with Crippen molar-refractivity contribution in [3.05, 3.63) is 40.1 Å². The highest BCUT2D eigenvalue weighted by molar-refractivity contribution is 7.12. The monoisotopic (exact) mass is 345 g/mol. The number of fused-ring (bicyclic) bond motifs is 1. The number of methoxy groups -OCH3 is 1. The molecule has 2 aromatic rings. The van der Waals surface area contributed by atoms with Crippen LogP contribution in [0.2, 0.25) is 0 Å². The van der Waals surface area contributed by atoms with E-state index < -0.39 is 5.97 Å². The fourth-order valence-electron chi connectivity index (χ4n) is 2.91. The third-order valence-corrected chi connectivity index (χ3v) is 4.92. The molecule has 126 valence electrons. The first-order chi connectivity index (χ1) is 11.6. The largest absolute Gasteiger partial charge is 0.465 e. The van der Waals surface area contributed by atoms with Crippen molar-refractivity contribution in [2.45, 2.75) is 12.8 Å². The predicted octanol–water partition coefficient (Wildman–Crippen LogP) is 2.51. The molecule has 0 saturated carbocycles. The number of esters is 1. The van der Waals surface area contributed by atoms with Crippen LogP contribution in [-0.2, 0) is 16.0 Å². The molecule has 1 aromatic carbocycles. The summed E-state index contributed by atoms with van der Waals surface area (Å²) in [5.74, 6) is -0.620. The molecular formula is C17H19N3O3S. The van der Waals surface area contributed by atoms with Crippen molar-refractivity contribution in [2.75, 3.05) is 36.1 Å². The second-order valence-electron chi connectivity index (χ2n) is 5.57. The lowest BCUT2D eigenvalue weighted by molar-refractivity contribution is -0.115. The standard InChI is InChI=1S/C17H19N3O3S/c1-23-17(22)16-13(7-9-24-16)19-15(21)10-20-8-3-4-11-12(18)5-2-6-14(11)20/h2,5-7,9H,3-4,8,10,18H2,1H3,(H,19,21). The van der Waals surface area contributed by atoms with E-state index in [-0.39, 0.29) is 12.5 Å². The maximum absolute atomic E-state index is 12.4. The normalized spacial score (nSPS) is 13.3. The summed E-state index contributed by atoms with van der Waals surface area (Å²) in [5.41, 5.74) is 9.40. The zero-order valence-corrected chi connectivity index (χ0v) is 14.2. The third-order valence-electron chi connectivity index (χ3n) is 4.03. The molecule has 24 heavy (non-hydrogen) atoms. The van der Waals surface area contributed by atoms with Crippen molar-refractivity contribution in [2.24, 2.45) is 0 Å². The van der Waals surface area contributed by atoms with E-state index in [1.54, 1.807) is 11.4 Å². The van der Waals surface area contributed by atoms with Gasteiger partial charge >= 0.3 is 5.97 Å². The van der Waals surface area contributed by atoms with Gasteiger partial charge in [-0.1, -0.05) is 6.07 Å². The fourth-order valence-corrected chi connectivity index (χ4v) is 3.68. The van der Waals surface area contributed by atoms with Crippen LogP contribution in [0.3, 0.4) is 0 Å². The highest BCUT2D eigenvalue weighted by Crippen LogP contribution is 2.31. The quantitative estimate of drug-likeness (QED) is 0.657. The molecule has 3 rings (SSSR count). The van der Waals surface area contributed by atoms with Crippen LogP contribution in [0.25, 0.3) is 0 Å². The van der Waals surface area contributed by atoms with Gasteiger partial charge in [0.15, 0.2) is 0 Å². The minimum absolute atomic E-state index is 0.172. The maximum atomic E-state index is 12.4. The van der Waals surface area contributed by atoms with Crippen LogP contribution in [0.5, 0.6) is 0 Å². The van der Waals surface area contributed by atoms with Crippen LogP contribution in [-0.4, -0.2) is 32.1 Å². The Morgan fingerprint density at radius 1 is 1.38 bits per heavy atom. The molecule has 3 N–H and O–H groups in total. The fraction of sp³-hybridized carbons (Fsp3) is 0.294. The number of rotatable bonds is 4. The van der Waals surface area contributed by atoms with E-state index in [2.05, 4.69) is 5.32 Å². The molecule has 1 aromatic heterocycles. The molecule has 0 saturated heterocycles. The molecule has 0 aliphatic carbocycles. The van der Waals surface area contributed by atoms with Gasteiger partial charge < -0.3 is 20.7 Å². The average molecular weight is 345 g/mol. The first-order valence-electron chi connectivity index (χ1n) is 7.68. The molecular weight excluding hydrogens is 326 g/mol. The predicted molar refractivity (Wildman–Crippen MR) is 95.7 cm³/mol. The van der Waals surface area contributed by atoms with E-state index in [4.69, 9.17) is 10.5 Å². The van der Waals surface area contributed by atoms with E-state index in [9.17, 15) is 9.59 Å². The highest BCUT2D eigenvalue weighted by atomic mass is 32.1. The van der Waals surface area contributed by atoms with Gasteiger partial charge in [-0.05, 0) is 42.0 Å². The minimum Gasteiger partial charge on any atom is -0.465 e. The lowest BCUT2D eigenvalue weighted by Gasteiger charge is -2.31. The molecule has 0 fully saturated rings. The van der Waals surface area contributed by atoms with Gasteiger partial charge in [-0.3, -0.25) is 4.79 Å². The molecule has 1 amide bonds. The SMILES string of the molecule is COC(=O)c1sccc1NC(=O)CN1CCCc2c(N)cccc21. The van der Waals surface area contributed by atoms with Crippen LogP contribution < -0.4 is 16.0 Å². The number of amides is 1. The van der Waals surface area contributed by atoms with Gasteiger partial charge in [0.05, 0.1) is 19.3 Å². The molecule has 7 heteroatoms. The van der Waals surface area contributed by atoms with E-state index in [1.165, 1.54) is 18.4 Å². The molecule has 0 spiro atoms. The summed E-state index contributed by atoms with van der Waals surface area (Å²) in [4.78, 5) is 26.5. The molecule has 6 nitrogen and oxygen atoms in total. The van der Waals surface area contributed by atoms with E-state index in [1.807, 2.05) is 23.1 Å². The summed E-state index contributed by atoms with van der Waals surface area (Å²) in [6, 6.07) is 7.48. The number of carbonyl (C=O) groups excluding carboxylic acids is 2. The van der Waals surface area contributed by atoms with Gasteiger partial charge in [0.2, 0.25) is 5.91 Å². The summed E-state index contributed by atoms with van der Waals surface area (Å²) in [6.07, 6.45) is 1.89. The number of carbonyl (C=O) groups is 2. The zero-order valence-electron chi connectivity index (χ0n) is 13.4. The van der Waals surface area contributed by atoms with Crippen molar-refractivity contribution in [3.63, 3.8) is 0 Å². The maximum Gasteiger partial charge on any atom is 0.350 e. The average Bonchev–Trinajstić information content (AvgIpc) is 3.03. The molecule has 0 atom stereocenters. The van der Waals surface area contributed by atoms with Crippen molar-refractivity contribution < 1.29 is 14.3 Å². The van der Waals surface area contributed by atoms with E-state index >= 15 is 0 Å². The van der Waals surface area contributed by atoms with Crippen LogP contribution in [0.4, 0.5) is 17.1 Å². The van der Waals surface area contributed by atoms with Crippen LogP contribution in [0.15, 0.2) is 29.6 Å². The summed E-state index contributed by atoms with van der Waals surface area (Å²) >= 11 is 1.24. The van der Waals surface area contributed by atoms with Crippen molar-refractivity contribution in [3.8, 4) is 0 Å². The van der Waals surface area contributed by atoms with E-state index in [0.717, 1.165) is 36.3 Å². The second kappa shape index (κ2) is 6.92. The summed E-state index contributed by atoms with van der Waals surface area (Å²) in [6.45, 7) is 1.02. The topological polar surface area (TPSA) is 84.7 Å². The minimum atomic E-state index is -0.448. The molecule has 0 unspecified atom stereocenters. The summed E-state index contributed by atoms with van der Waals surface area (Å²) in [7, 11) is 1.32. The van der Waals surface area contributed by atoms with E-state index in [0.29, 0.717) is 10.6 Å². The Balaban J connectivity index is 1.72. The Morgan fingerprint density at radius 3 is 3.00 bits per heavy atom. The molecule has 0 bridgehead atoms. The Morgan fingerprint density at radius 2 is 2.21 bits per heavy atom. The van der Waals surface area contributed by atoms with Gasteiger partial charge in [0.25, 0.3) is 0 Å². The molecule has 0 radical (unpaired) electrons. The van der Waals surface area contributed by atoms with Crippen LogP contribution >= 0.6 is 11.3 Å². The van der Waals surface area contributed by atoms with Gasteiger partial charge in [0, 0.05) is 17.9 Å². The highest BCUT2D eigenvalue weighted by Gasteiger charge is 2.22. The number of hydrogen-bond acceptors (Lipinski definition) is 6. The molecule has 1 aliphatic rings. The Labute approximate surface area is 144 Å². The Hall–Kier alpha value is -2.54. The number of nitrogens with two attached hydrogens (primary N) is 1. The zero-order chi connectivity index (χ0) is 17.1. The number of thiophene rings is 1. The Kier molecular flexibility index (Phi) is 4.71. The summed E-state index contributed by atoms with van der Waals surface area (Å²) in [5, 5.41) is 4.54. The third kappa shape index (κ3) is 3.21. The first-order valence-corrected chi connectivity index (χ1v) is 8.56. The number of nitrogens with one attached hydrogen (secondary N) is 1. The number of benzene rings is 1. The first kappa shape index (κ1) is 16.3. The smallest absolute Gasteiger partial charge is 0.350 e. The lowest BCUT2D eigenvalue weighted by Crippen LogP contribution is -2.37. The number of nitrogens with zero attached hydrogens (tertiary/aromatic N) is 1. The number of hydrogen-bond donors (Lipinski definition) is 2. The number of anilines is 3. The molecule has 2 heterocycles. The van der Waals surface area contributed by atoms with Crippen LogP contribution in [0.1, 0.15) is 21.7 Å². The van der Waals surface area contributed by atoms with Crippen LogP contribution in [0, 0.1) is 0 Å². The van der Waals surface area contributed by atoms with Gasteiger partial charge in [-0.2, -0.15) is 0 Å².